The van der Waals surface area contributed by atoms with Gasteiger partial charge < -0.3 is 15.8 Å². The van der Waals surface area contributed by atoms with Gasteiger partial charge in [-0.3, -0.25) is 10.2 Å². The average molecular weight is 375 g/mol. The summed E-state index contributed by atoms with van der Waals surface area (Å²) >= 11 is 0. The predicted molar refractivity (Wildman–Crippen MR) is 114 cm³/mol. The Morgan fingerprint density at radius 2 is 1.68 bits per heavy atom. The maximum Gasteiger partial charge on any atom is 0.255 e. The van der Waals surface area contributed by atoms with Crippen LogP contribution in [0.1, 0.15) is 42.6 Å². The number of hydrogen-bond donors (Lipinski definition) is 3. The quantitative estimate of drug-likeness (QED) is 0.403. The highest BCUT2D eigenvalue weighted by Crippen LogP contribution is 2.22. The Labute approximate surface area is 165 Å². The third-order valence-corrected chi connectivity index (χ3v) is 4.72. The maximum absolute atomic E-state index is 12.7. The van der Waals surface area contributed by atoms with Crippen molar-refractivity contribution in [3.63, 3.8) is 0 Å². The molecule has 0 spiro atoms. The zero-order valence-electron chi connectivity index (χ0n) is 16.2. The van der Waals surface area contributed by atoms with E-state index in [9.17, 15) is 4.79 Å². The summed E-state index contributed by atoms with van der Waals surface area (Å²) in [7, 11) is 0. The fraction of sp³-hybridized carbons (Fsp3) is 0.217. The van der Waals surface area contributed by atoms with Gasteiger partial charge >= 0.3 is 0 Å². The molecule has 0 heterocycles. The van der Waals surface area contributed by atoms with Gasteiger partial charge in [-0.15, -0.1) is 0 Å². The molecule has 0 atom stereocenters. The van der Waals surface area contributed by atoms with Crippen LogP contribution >= 0.6 is 0 Å². The number of carbonyl (C=O) groups is 1. The number of ether oxygens (including phenoxy) is 1. The molecule has 3 rings (SSSR count). The second kappa shape index (κ2) is 8.57. The molecule has 144 valence electrons. The number of anilines is 1. The first-order valence-corrected chi connectivity index (χ1v) is 9.46. The number of amides is 1. The normalized spacial score (nSPS) is 10.8. The van der Waals surface area contributed by atoms with Crippen LogP contribution in [-0.4, -0.2) is 17.8 Å². The lowest BCUT2D eigenvalue weighted by Gasteiger charge is -2.16. The van der Waals surface area contributed by atoms with Crippen LogP contribution in [0.15, 0.2) is 60.7 Å². The second-order valence-corrected chi connectivity index (χ2v) is 6.73. The lowest BCUT2D eigenvalue weighted by Crippen LogP contribution is -2.14. The molecule has 4 N–H and O–H groups in total. The van der Waals surface area contributed by atoms with E-state index in [2.05, 4.69) is 19.2 Å². The number of carbonyl (C=O) groups excluding carboxylic acids is 1. The highest BCUT2D eigenvalue weighted by Gasteiger charge is 2.10. The van der Waals surface area contributed by atoms with E-state index >= 15 is 0 Å². The van der Waals surface area contributed by atoms with Crippen LogP contribution in [0.3, 0.4) is 0 Å². The van der Waals surface area contributed by atoms with Crippen LogP contribution in [0.2, 0.25) is 0 Å². The Morgan fingerprint density at radius 3 is 2.36 bits per heavy atom. The van der Waals surface area contributed by atoms with Gasteiger partial charge in [0.15, 0.2) is 0 Å². The molecular formula is C23H25N3O2. The largest absolute Gasteiger partial charge is 0.490 e. The minimum atomic E-state index is -0.199. The van der Waals surface area contributed by atoms with E-state index in [0.717, 1.165) is 29.4 Å². The number of amidine groups is 1. The Bertz CT molecular complexity index is 1010. The average Bonchev–Trinajstić information content (AvgIpc) is 2.71. The van der Waals surface area contributed by atoms with Crippen molar-refractivity contribution in [2.24, 2.45) is 5.73 Å². The van der Waals surface area contributed by atoms with Crippen molar-refractivity contribution in [3.8, 4) is 5.75 Å². The minimum Gasteiger partial charge on any atom is -0.490 e. The summed E-state index contributed by atoms with van der Waals surface area (Å²) in [4.78, 5) is 12.7. The van der Waals surface area contributed by atoms with E-state index < -0.39 is 0 Å². The van der Waals surface area contributed by atoms with Crippen molar-refractivity contribution < 1.29 is 9.53 Å². The summed E-state index contributed by atoms with van der Waals surface area (Å²) in [5.74, 6) is 0.553. The molecule has 5 heteroatoms. The maximum atomic E-state index is 12.7. The van der Waals surface area contributed by atoms with E-state index in [4.69, 9.17) is 15.9 Å². The smallest absolute Gasteiger partial charge is 0.255 e. The van der Waals surface area contributed by atoms with Crippen LogP contribution in [-0.2, 0) is 0 Å². The number of fused-ring (bicyclic) bond motifs is 1. The molecule has 0 aliphatic rings. The summed E-state index contributed by atoms with van der Waals surface area (Å²) in [6.07, 6.45) is 2.04. The number of nitrogens with one attached hydrogen (secondary N) is 2. The topological polar surface area (TPSA) is 88.2 Å². The number of nitrogen functional groups attached to an aromatic ring is 1. The molecule has 0 saturated heterocycles. The third-order valence-electron chi connectivity index (χ3n) is 4.72. The van der Waals surface area contributed by atoms with Crippen LogP contribution < -0.4 is 15.8 Å². The number of benzene rings is 3. The van der Waals surface area contributed by atoms with E-state index in [-0.39, 0.29) is 17.8 Å². The molecule has 0 saturated carbocycles. The Hall–Kier alpha value is -3.34. The molecule has 0 bridgehead atoms. The minimum absolute atomic E-state index is 0.00559. The second-order valence-electron chi connectivity index (χ2n) is 6.73. The molecule has 0 aromatic heterocycles. The molecule has 0 aliphatic heterocycles. The van der Waals surface area contributed by atoms with Gasteiger partial charge in [0.1, 0.15) is 11.6 Å². The SMILES string of the molecule is CCC(CC)Oc1cccc(NC(=O)c2ccc3ccc(C(=N)N)cc3c2)c1. The van der Waals surface area contributed by atoms with E-state index in [1.54, 1.807) is 12.1 Å². The van der Waals surface area contributed by atoms with Crippen molar-refractivity contribution in [3.05, 3.63) is 71.8 Å². The number of nitrogens with two attached hydrogens (primary N) is 1. The molecule has 5 nitrogen and oxygen atoms in total. The van der Waals surface area contributed by atoms with Gasteiger partial charge in [0.2, 0.25) is 0 Å². The van der Waals surface area contributed by atoms with Crippen molar-refractivity contribution in [1.82, 2.24) is 0 Å². The van der Waals surface area contributed by atoms with Gasteiger partial charge in [-0.2, -0.15) is 0 Å². The Morgan fingerprint density at radius 1 is 1.00 bits per heavy atom. The molecule has 3 aromatic carbocycles. The Balaban J connectivity index is 1.80. The molecule has 3 aromatic rings. The molecule has 0 unspecified atom stereocenters. The van der Waals surface area contributed by atoms with Crippen LogP contribution in [0, 0.1) is 5.41 Å². The molecule has 0 radical (unpaired) electrons. The van der Waals surface area contributed by atoms with Gasteiger partial charge in [-0.1, -0.05) is 38.1 Å². The highest BCUT2D eigenvalue weighted by molar-refractivity contribution is 6.07. The van der Waals surface area contributed by atoms with Crippen molar-refractivity contribution in [1.29, 1.82) is 5.41 Å². The summed E-state index contributed by atoms with van der Waals surface area (Å²) < 4.78 is 5.95. The standard InChI is InChI=1S/C23H25N3O2/c1-3-20(4-2)28-21-7-5-6-19(14-21)26-23(27)17-11-9-15-8-10-16(22(24)25)12-18(15)13-17/h5-14,20H,3-4H2,1-2H3,(H3,24,25)(H,26,27). The molecular weight excluding hydrogens is 350 g/mol. The summed E-state index contributed by atoms with van der Waals surface area (Å²) in [5, 5.41) is 12.4. The first-order chi connectivity index (χ1) is 13.5. The fourth-order valence-corrected chi connectivity index (χ4v) is 3.05. The zero-order chi connectivity index (χ0) is 20.1. The lowest BCUT2D eigenvalue weighted by molar-refractivity contribution is 0.102. The first kappa shape index (κ1) is 19.4. The lowest BCUT2D eigenvalue weighted by atomic mass is 10.0. The summed E-state index contributed by atoms with van der Waals surface area (Å²) in [5.41, 5.74) is 7.43. The van der Waals surface area contributed by atoms with Crippen LogP contribution in [0.4, 0.5) is 5.69 Å². The first-order valence-electron chi connectivity index (χ1n) is 9.46. The molecule has 1 amide bonds. The summed E-state index contributed by atoms with van der Waals surface area (Å²) in [6, 6.07) is 18.4. The number of hydrogen-bond acceptors (Lipinski definition) is 3. The fourth-order valence-electron chi connectivity index (χ4n) is 3.05. The Kier molecular flexibility index (Phi) is 5.94. The predicted octanol–water partition coefficient (Wildman–Crippen LogP) is 4.94. The zero-order valence-corrected chi connectivity index (χ0v) is 16.2. The van der Waals surface area contributed by atoms with Gasteiger partial charge in [0.25, 0.3) is 5.91 Å². The molecule has 0 fully saturated rings. The monoisotopic (exact) mass is 375 g/mol. The third kappa shape index (κ3) is 4.49. The molecule has 28 heavy (non-hydrogen) atoms. The van der Waals surface area contributed by atoms with Gasteiger partial charge in [-0.05, 0) is 53.9 Å². The molecule has 0 aliphatic carbocycles. The number of rotatable bonds is 7. The van der Waals surface area contributed by atoms with Gasteiger partial charge in [0.05, 0.1) is 6.10 Å². The van der Waals surface area contributed by atoms with E-state index in [1.165, 1.54) is 0 Å². The van der Waals surface area contributed by atoms with Crippen molar-refractivity contribution in [2.75, 3.05) is 5.32 Å². The van der Waals surface area contributed by atoms with Crippen molar-refractivity contribution in [2.45, 2.75) is 32.8 Å². The van der Waals surface area contributed by atoms with Gasteiger partial charge in [0, 0.05) is 22.9 Å². The van der Waals surface area contributed by atoms with E-state index in [0.29, 0.717) is 16.8 Å². The van der Waals surface area contributed by atoms with Crippen molar-refractivity contribution >= 4 is 28.2 Å². The van der Waals surface area contributed by atoms with Crippen LogP contribution in [0.5, 0.6) is 5.75 Å². The van der Waals surface area contributed by atoms with Gasteiger partial charge in [-0.25, -0.2) is 0 Å². The van der Waals surface area contributed by atoms with Crippen LogP contribution in [0.25, 0.3) is 10.8 Å². The highest BCUT2D eigenvalue weighted by atomic mass is 16.5. The van der Waals surface area contributed by atoms with E-state index in [1.807, 2.05) is 48.5 Å². The summed E-state index contributed by atoms with van der Waals surface area (Å²) in [6.45, 7) is 4.19.